The second-order valence-corrected chi connectivity index (χ2v) is 9.39. The van der Waals surface area contributed by atoms with E-state index in [1.807, 2.05) is 54.6 Å². The third kappa shape index (κ3) is 5.83. The number of nitrogens with one attached hydrogen (secondary N) is 2. The maximum absolute atomic E-state index is 14.0. The predicted octanol–water partition coefficient (Wildman–Crippen LogP) is 6.61. The Kier molecular flexibility index (Phi) is 7.35. The molecule has 0 spiro atoms. The summed E-state index contributed by atoms with van der Waals surface area (Å²) in [5.74, 6) is -0.248. The second-order valence-electron chi connectivity index (χ2n) is 9.39. The summed E-state index contributed by atoms with van der Waals surface area (Å²) in [6.45, 7) is 5.75. The van der Waals surface area contributed by atoms with Crippen molar-refractivity contribution in [2.24, 2.45) is 5.92 Å². The first-order valence-corrected chi connectivity index (χ1v) is 12.3. The molecule has 0 saturated heterocycles. The fourth-order valence-electron chi connectivity index (χ4n) is 4.29. The molecule has 2 N–H and O–H groups in total. The maximum atomic E-state index is 14.0. The molecule has 0 amide bonds. The lowest BCUT2D eigenvalue weighted by atomic mass is 10.0. The summed E-state index contributed by atoms with van der Waals surface area (Å²) in [7, 11) is 0. The number of benzene rings is 3. The molecule has 2 aromatic heterocycles. The SMILES string of the molecule is CC(C)CN(Cc1ccccc1)c1cc(Nc2ccc(F)c(F)c2)cc(-c2ccccc2-c2nn[nH]n2)n1. The van der Waals surface area contributed by atoms with Crippen LogP contribution in [0.2, 0.25) is 0 Å². The summed E-state index contributed by atoms with van der Waals surface area (Å²) < 4.78 is 27.5. The maximum Gasteiger partial charge on any atom is 0.205 e. The zero-order chi connectivity index (χ0) is 26.5. The van der Waals surface area contributed by atoms with E-state index in [2.05, 4.69) is 56.8 Å². The van der Waals surface area contributed by atoms with Gasteiger partial charge in [-0.25, -0.2) is 13.8 Å². The number of pyridine rings is 1. The lowest BCUT2D eigenvalue weighted by Crippen LogP contribution is -2.28. The van der Waals surface area contributed by atoms with Gasteiger partial charge in [0.05, 0.1) is 5.69 Å². The van der Waals surface area contributed by atoms with Crippen molar-refractivity contribution in [2.75, 3.05) is 16.8 Å². The van der Waals surface area contributed by atoms with Gasteiger partial charge in [-0.1, -0.05) is 68.4 Å². The summed E-state index contributed by atoms with van der Waals surface area (Å²) in [6, 6.07) is 25.4. The first kappa shape index (κ1) is 25.0. The highest BCUT2D eigenvalue weighted by atomic mass is 19.2. The zero-order valence-corrected chi connectivity index (χ0v) is 21.1. The average Bonchev–Trinajstić information content (AvgIpc) is 3.46. The molecule has 5 rings (SSSR count). The topological polar surface area (TPSA) is 82.6 Å². The van der Waals surface area contributed by atoms with Crippen molar-refractivity contribution in [3.05, 3.63) is 102 Å². The second kappa shape index (κ2) is 11.2. The number of halogens is 2. The van der Waals surface area contributed by atoms with Crippen molar-refractivity contribution in [1.29, 1.82) is 0 Å². The summed E-state index contributed by atoms with van der Waals surface area (Å²) in [6.07, 6.45) is 0. The molecule has 0 aliphatic heterocycles. The Labute approximate surface area is 219 Å². The van der Waals surface area contributed by atoms with Crippen LogP contribution in [0.25, 0.3) is 22.6 Å². The molecule has 9 heteroatoms. The van der Waals surface area contributed by atoms with Gasteiger partial charge >= 0.3 is 0 Å². The van der Waals surface area contributed by atoms with Gasteiger partial charge in [-0.3, -0.25) is 0 Å². The van der Waals surface area contributed by atoms with Crippen LogP contribution in [0.15, 0.2) is 84.9 Å². The van der Waals surface area contributed by atoms with E-state index in [0.29, 0.717) is 35.4 Å². The minimum absolute atomic E-state index is 0.374. The van der Waals surface area contributed by atoms with Gasteiger partial charge in [-0.2, -0.15) is 5.21 Å². The Morgan fingerprint density at radius 1 is 0.842 bits per heavy atom. The van der Waals surface area contributed by atoms with Gasteiger partial charge in [-0.15, -0.1) is 10.2 Å². The van der Waals surface area contributed by atoms with Crippen LogP contribution < -0.4 is 10.2 Å². The van der Waals surface area contributed by atoms with E-state index in [-0.39, 0.29) is 0 Å². The summed E-state index contributed by atoms with van der Waals surface area (Å²) in [4.78, 5) is 7.28. The quantitative estimate of drug-likeness (QED) is 0.232. The lowest BCUT2D eigenvalue weighted by Gasteiger charge is -2.27. The number of aromatic amines is 1. The van der Waals surface area contributed by atoms with E-state index in [9.17, 15) is 8.78 Å². The van der Waals surface area contributed by atoms with E-state index in [4.69, 9.17) is 4.98 Å². The number of hydrogen-bond acceptors (Lipinski definition) is 6. The van der Waals surface area contributed by atoms with E-state index in [1.54, 1.807) is 0 Å². The molecule has 0 unspecified atom stereocenters. The number of rotatable bonds is 9. The van der Waals surface area contributed by atoms with Gasteiger partial charge in [0, 0.05) is 47.7 Å². The monoisotopic (exact) mass is 511 g/mol. The van der Waals surface area contributed by atoms with E-state index < -0.39 is 11.6 Å². The molecule has 0 atom stereocenters. The molecular weight excluding hydrogens is 484 g/mol. The van der Waals surface area contributed by atoms with Crippen molar-refractivity contribution >= 4 is 17.2 Å². The highest BCUT2D eigenvalue weighted by Gasteiger charge is 2.18. The van der Waals surface area contributed by atoms with Crippen LogP contribution in [0.3, 0.4) is 0 Å². The van der Waals surface area contributed by atoms with Gasteiger partial charge in [-0.05, 0) is 34.9 Å². The number of aromatic nitrogens is 5. The Bertz CT molecular complexity index is 1510. The van der Waals surface area contributed by atoms with Crippen molar-refractivity contribution in [3.63, 3.8) is 0 Å². The lowest BCUT2D eigenvalue weighted by molar-refractivity contribution is 0.509. The largest absolute Gasteiger partial charge is 0.355 e. The molecule has 0 saturated carbocycles. The van der Waals surface area contributed by atoms with Crippen LogP contribution in [0.4, 0.5) is 26.0 Å². The van der Waals surface area contributed by atoms with E-state index in [0.717, 1.165) is 41.2 Å². The van der Waals surface area contributed by atoms with Crippen LogP contribution in [0.1, 0.15) is 19.4 Å². The van der Waals surface area contributed by atoms with E-state index in [1.165, 1.54) is 6.07 Å². The minimum atomic E-state index is -0.919. The van der Waals surface area contributed by atoms with Gasteiger partial charge in [0.25, 0.3) is 0 Å². The molecule has 7 nitrogen and oxygen atoms in total. The van der Waals surface area contributed by atoms with Gasteiger partial charge in [0.15, 0.2) is 11.6 Å². The van der Waals surface area contributed by atoms with Crippen LogP contribution in [0.5, 0.6) is 0 Å². The Morgan fingerprint density at radius 3 is 2.32 bits per heavy atom. The van der Waals surface area contributed by atoms with Crippen molar-refractivity contribution < 1.29 is 8.78 Å². The van der Waals surface area contributed by atoms with E-state index >= 15 is 0 Å². The minimum Gasteiger partial charge on any atom is -0.355 e. The summed E-state index contributed by atoms with van der Waals surface area (Å²) in [5, 5.41) is 17.7. The normalized spacial score (nSPS) is 11.1. The highest BCUT2D eigenvalue weighted by molar-refractivity contribution is 5.81. The number of hydrogen-bond donors (Lipinski definition) is 2. The molecular formula is C29H27F2N7. The van der Waals surface area contributed by atoms with Crippen LogP contribution in [0, 0.1) is 17.6 Å². The van der Waals surface area contributed by atoms with Crippen molar-refractivity contribution in [3.8, 4) is 22.6 Å². The standard InChI is InChI=1S/C29H27F2N7/c1-19(2)17-38(18-20-8-4-3-5-9-20)28-16-22(32-21-12-13-25(30)26(31)14-21)15-27(33-28)23-10-6-7-11-24(23)29-34-36-37-35-29/h3-16,19H,17-18H2,1-2H3,(H,32,33)(H,34,35,36,37). The third-order valence-electron chi connectivity index (χ3n) is 5.94. The number of anilines is 3. The predicted molar refractivity (Wildman–Crippen MR) is 145 cm³/mol. The molecule has 0 fully saturated rings. The van der Waals surface area contributed by atoms with Crippen LogP contribution in [-0.2, 0) is 6.54 Å². The van der Waals surface area contributed by atoms with Crippen molar-refractivity contribution in [2.45, 2.75) is 20.4 Å². The first-order valence-electron chi connectivity index (χ1n) is 12.3. The number of H-pyrrole nitrogens is 1. The highest BCUT2D eigenvalue weighted by Crippen LogP contribution is 2.33. The van der Waals surface area contributed by atoms with Crippen LogP contribution in [-0.4, -0.2) is 32.2 Å². The van der Waals surface area contributed by atoms with Crippen LogP contribution >= 0.6 is 0 Å². The summed E-state index contributed by atoms with van der Waals surface area (Å²) >= 11 is 0. The van der Waals surface area contributed by atoms with Gasteiger partial charge in [0.2, 0.25) is 5.82 Å². The molecule has 192 valence electrons. The number of tetrazole rings is 1. The Balaban J connectivity index is 1.62. The van der Waals surface area contributed by atoms with Crippen molar-refractivity contribution in [1.82, 2.24) is 25.6 Å². The molecule has 38 heavy (non-hydrogen) atoms. The fraction of sp³-hybridized carbons (Fsp3) is 0.172. The first-order chi connectivity index (χ1) is 18.5. The van der Waals surface area contributed by atoms with Gasteiger partial charge in [0.1, 0.15) is 5.82 Å². The molecule has 0 radical (unpaired) electrons. The fourth-order valence-corrected chi connectivity index (χ4v) is 4.29. The third-order valence-corrected chi connectivity index (χ3v) is 5.94. The molecule has 2 heterocycles. The Morgan fingerprint density at radius 2 is 1.61 bits per heavy atom. The molecule has 0 aliphatic rings. The molecule has 5 aromatic rings. The molecule has 3 aromatic carbocycles. The molecule has 0 aliphatic carbocycles. The molecule has 0 bridgehead atoms. The Hall–Kier alpha value is -4.66. The average molecular weight is 512 g/mol. The number of nitrogens with zero attached hydrogens (tertiary/aromatic N) is 5. The summed E-state index contributed by atoms with van der Waals surface area (Å²) in [5.41, 5.74) is 4.52. The van der Waals surface area contributed by atoms with Gasteiger partial charge < -0.3 is 10.2 Å². The smallest absolute Gasteiger partial charge is 0.205 e. The zero-order valence-electron chi connectivity index (χ0n) is 21.1.